The zero-order chi connectivity index (χ0) is 9.68. The molecule has 0 radical (unpaired) electrons. The van der Waals surface area contributed by atoms with Crippen LogP contribution in [0.3, 0.4) is 0 Å². The second kappa shape index (κ2) is 5.61. The van der Waals surface area contributed by atoms with Crippen molar-refractivity contribution in [3.63, 3.8) is 0 Å². The molecule has 2 heteroatoms. The average Bonchev–Trinajstić information content (AvgIpc) is 2.16. The fraction of sp³-hybridized carbons (Fsp3) is 1.00. The van der Waals surface area contributed by atoms with E-state index in [1.54, 1.807) is 0 Å². The van der Waals surface area contributed by atoms with Gasteiger partial charge >= 0.3 is 0 Å². The molecule has 2 nitrogen and oxygen atoms in total. The number of piperidine rings is 1. The van der Waals surface area contributed by atoms with E-state index < -0.39 is 0 Å². The van der Waals surface area contributed by atoms with Gasteiger partial charge in [0.1, 0.15) is 0 Å². The number of rotatable bonds is 4. The largest absolute Gasteiger partial charge is 0.320 e. The molecule has 78 valence electrons. The maximum atomic E-state index is 3.23. The minimum atomic E-state index is 0.829. The van der Waals surface area contributed by atoms with Crippen LogP contribution in [0.1, 0.15) is 32.6 Å². The second-order valence-corrected chi connectivity index (χ2v) is 4.34. The van der Waals surface area contributed by atoms with Crippen LogP contribution >= 0.6 is 0 Å². The molecule has 0 saturated carbocycles. The molecule has 2 atom stereocenters. The first kappa shape index (κ1) is 11.0. The summed E-state index contributed by atoms with van der Waals surface area (Å²) in [5, 5.41) is 3.23. The topological polar surface area (TPSA) is 15.3 Å². The minimum Gasteiger partial charge on any atom is -0.320 e. The van der Waals surface area contributed by atoms with Crippen molar-refractivity contribution in [2.24, 2.45) is 5.92 Å². The standard InChI is InChI=1S/C11H24N2/c1-4-10-5-6-11(7-8-12-2)13(3)9-10/h10-12H,4-9H2,1-3H3. The Hall–Kier alpha value is -0.0800. The van der Waals surface area contributed by atoms with E-state index in [9.17, 15) is 0 Å². The van der Waals surface area contributed by atoms with Gasteiger partial charge in [-0.25, -0.2) is 0 Å². The predicted octanol–water partition coefficient (Wildman–Crippen LogP) is 1.72. The van der Waals surface area contributed by atoms with E-state index in [4.69, 9.17) is 0 Å². The lowest BCUT2D eigenvalue weighted by Crippen LogP contribution is -2.41. The van der Waals surface area contributed by atoms with Gasteiger partial charge in [0, 0.05) is 12.6 Å². The first-order valence-corrected chi connectivity index (χ1v) is 5.62. The third kappa shape index (κ3) is 3.28. The van der Waals surface area contributed by atoms with Crippen LogP contribution in [0.15, 0.2) is 0 Å². The van der Waals surface area contributed by atoms with Crippen LogP contribution in [0, 0.1) is 5.92 Å². The number of nitrogens with zero attached hydrogens (tertiary/aromatic N) is 1. The van der Waals surface area contributed by atoms with Crippen molar-refractivity contribution in [3.8, 4) is 0 Å². The summed E-state index contributed by atoms with van der Waals surface area (Å²) in [6.07, 6.45) is 5.50. The molecule has 13 heavy (non-hydrogen) atoms. The Kier molecular flexibility index (Phi) is 4.74. The highest BCUT2D eigenvalue weighted by Gasteiger charge is 2.23. The van der Waals surface area contributed by atoms with Gasteiger partial charge in [0.15, 0.2) is 0 Å². The third-order valence-corrected chi connectivity index (χ3v) is 3.38. The van der Waals surface area contributed by atoms with Crippen molar-refractivity contribution < 1.29 is 0 Å². The molecule has 1 rings (SSSR count). The Morgan fingerprint density at radius 3 is 2.69 bits per heavy atom. The Morgan fingerprint density at radius 2 is 2.15 bits per heavy atom. The van der Waals surface area contributed by atoms with Crippen LogP contribution < -0.4 is 5.32 Å². The van der Waals surface area contributed by atoms with Crippen LogP contribution in [-0.2, 0) is 0 Å². The molecule has 0 aliphatic carbocycles. The smallest absolute Gasteiger partial charge is 0.0104 e. The van der Waals surface area contributed by atoms with Crippen molar-refractivity contribution in [2.75, 3.05) is 27.2 Å². The monoisotopic (exact) mass is 184 g/mol. The zero-order valence-electron chi connectivity index (χ0n) is 9.34. The van der Waals surface area contributed by atoms with E-state index >= 15 is 0 Å². The van der Waals surface area contributed by atoms with Crippen LogP contribution in [0.25, 0.3) is 0 Å². The SMILES string of the molecule is CCC1CCC(CCNC)N(C)C1. The van der Waals surface area contributed by atoms with Gasteiger partial charge in [-0.1, -0.05) is 13.3 Å². The highest BCUT2D eigenvalue weighted by molar-refractivity contribution is 4.79. The zero-order valence-corrected chi connectivity index (χ0v) is 9.34. The molecule has 0 aromatic rings. The Balaban J connectivity index is 2.26. The summed E-state index contributed by atoms with van der Waals surface area (Å²) in [6.45, 7) is 4.78. The lowest BCUT2D eigenvalue weighted by atomic mass is 9.90. The summed E-state index contributed by atoms with van der Waals surface area (Å²) in [6, 6.07) is 0.829. The van der Waals surface area contributed by atoms with Gasteiger partial charge in [0.2, 0.25) is 0 Å². The van der Waals surface area contributed by atoms with Gasteiger partial charge in [-0.05, 0) is 45.8 Å². The highest BCUT2D eigenvalue weighted by atomic mass is 15.1. The van der Waals surface area contributed by atoms with Crippen molar-refractivity contribution in [3.05, 3.63) is 0 Å². The summed E-state index contributed by atoms with van der Waals surface area (Å²) in [5.41, 5.74) is 0. The Morgan fingerprint density at radius 1 is 1.38 bits per heavy atom. The molecule has 1 fully saturated rings. The van der Waals surface area contributed by atoms with Crippen molar-refractivity contribution in [1.29, 1.82) is 0 Å². The highest BCUT2D eigenvalue weighted by Crippen LogP contribution is 2.24. The van der Waals surface area contributed by atoms with Crippen LogP contribution in [-0.4, -0.2) is 38.1 Å². The van der Waals surface area contributed by atoms with Gasteiger partial charge in [-0.15, -0.1) is 0 Å². The summed E-state index contributed by atoms with van der Waals surface area (Å²) in [5.74, 6) is 0.954. The van der Waals surface area contributed by atoms with E-state index in [1.165, 1.54) is 32.2 Å². The van der Waals surface area contributed by atoms with E-state index in [1.807, 2.05) is 7.05 Å². The normalized spacial score (nSPS) is 30.7. The van der Waals surface area contributed by atoms with Gasteiger partial charge < -0.3 is 10.2 Å². The summed E-state index contributed by atoms with van der Waals surface area (Å²) in [4.78, 5) is 2.55. The molecule has 1 aliphatic heterocycles. The first-order valence-electron chi connectivity index (χ1n) is 5.62. The molecular weight excluding hydrogens is 160 g/mol. The van der Waals surface area contributed by atoms with Crippen molar-refractivity contribution >= 4 is 0 Å². The molecule has 0 bridgehead atoms. The molecule has 1 heterocycles. The maximum absolute atomic E-state index is 3.23. The molecule has 1 aliphatic rings. The Bertz CT molecular complexity index is 136. The second-order valence-electron chi connectivity index (χ2n) is 4.34. The maximum Gasteiger partial charge on any atom is 0.0104 e. The fourth-order valence-corrected chi connectivity index (χ4v) is 2.31. The number of nitrogens with one attached hydrogen (secondary N) is 1. The minimum absolute atomic E-state index is 0.829. The third-order valence-electron chi connectivity index (χ3n) is 3.38. The number of hydrogen-bond donors (Lipinski definition) is 1. The average molecular weight is 184 g/mol. The van der Waals surface area contributed by atoms with E-state index in [2.05, 4.69) is 24.2 Å². The molecule has 1 N–H and O–H groups in total. The van der Waals surface area contributed by atoms with Crippen LogP contribution in [0.4, 0.5) is 0 Å². The first-order chi connectivity index (χ1) is 6.27. The van der Waals surface area contributed by atoms with Gasteiger partial charge in [-0.2, -0.15) is 0 Å². The van der Waals surface area contributed by atoms with Gasteiger partial charge in [-0.3, -0.25) is 0 Å². The summed E-state index contributed by atoms with van der Waals surface area (Å²) in [7, 11) is 4.32. The molecule has 1 saturated heterocycles. The lowest BCUT2D eigenvalue weighted by molar-refractivity contribution is 0.129. The Labute approximate surface area is 82.7 Å². The van der Waals surface area contributed by atoms with E-state index in [0.717, 1.165) is 18.5 Å². The molecule has 0 amide bonds. The van der Waals surface area contributed by atoms with Crippen molar-refractivity contribution in [1.82, 2.24) is 10.2 Å². The number of hydrogen-bond acceptors (Lipinski definition) is 2. The molecule has 0 aromatic carbocycles. The van der Waals surface area contributed by atoms with Gasteiger partial charge in [0.05, 0.1) is 0 Å². The molecular formula is C11H24N2. The van der Waals surface area contributed by atoms with Crippen molar-refractivity contribution in [2.45, 2.75) is 38.6 Å². The van der Waals surface area contributed by atoms with E-state index in [-0.39, 0.29) is 0 Å². The molecule has 2 unspecified atom stereocenters. The summed E-state index contributed by atoms with van der Waals surface area (Å²) < 4.78 is 0. The number of likely N-dealkylation sites (tertiary alicyclic amines) is 1. The molecule has 0 aromatic heterocycles. The van der Waals surface area contributed by atoms with E-state index in [0.29, 0.717) is 0 Å². The quantitative estimate of drug-likeness (QED) is 0.715. The van der Waals surface area contributed by atoms with Crippen LogP contribution in [0.5, 0.6) is 0 Å². The summed E-state index contributed by atoms with van der Waals surface area (Å²) >= 11 is 0. The predicted molar refractivity (Wildman–Crippen MR) is 58.0 cm³/mol. The lowest BCUT2D eigenvalue weighted by Gasteiger charge is -2.37. The fourth-order valence-electron chi connectivity index (χ4n) is 2.31. The molecule has 0 spiro atoms. The van der Waals surface area contributed by atoms with Gasteiger partial charge in [0.25, 0.3) is 0 Å². The van der Waals surface area contributed by atoms with Crippen LogP contribution in [0.2, 0.25) is 0 Å².